The first kappa shape index (κ1) is 22.8. The molecule has 0 radical (unpaired) electrons. The molecule has 0 saturated carbocycles. The van der Waals surface area contributed by atoms with Crippen LogP contribution in [-0.2, 0) is 11.2 Å². The molecular weight excluding hydrogens is 416 g/mol. The van der Waals surface area contributed by atoms with E-state index in [0.717, 1.165) is 48.2 Å². The molecule has 0 bridgehead atoms. The first-order chi connectivity index (χ1) is 16.0. The lowest BCUT2D eigenvalue weighted by Gasteiger charge is -2.33. The van der Waals surface area contributed by atoms with Gasteiger partial charge in [-0.1, -0.05) is 38.1 Å². The Morgan fingerprint density at radius 1 is 1.06 bits per heavy atom. The standard InChI is InChI=1S/C26H32N4O3/c1-17(2)19-7-5-18(6-8-19)13-25(31)29-20-9-11-30(12-10-20)26-21-14-23(32-3)24(33-4)15-22(21)27-16-28-26/h5-8,14-17,20H,9-13H2,1-4H3,(H,29,31). The van der Waals surface area contributed by atoms with Crippen LogP contribution >= 0.6 is 0 Å². The molecule has 1 fully saturated rings. The summed E-state index contributed by atoms with van der Waals surface area (Å²) in [5.74, 6) is 2.76. The summed E-state index contributed by atoms with van der Waals surface area (Å²) < 4.78 is 10.9. The number of amides is 1. The summed E-state index contributed by atoms with van der Waals surface area (Å²) in [4.78, 5) is 23.8. The number of anilines is 1. The van der Waals surface area contributed by atoms with Gasteiger partial charge in [-0.15, -0.1) is 0 Å². The molecule has 4 rings (SSSR count). The van der Waals surface area contributed by atoms with Gasteiger partial charge >= 0.3 is 0 Å². The number of hydrogen-bond acceptors (Lipinski definition) is 6. The molecule has 0 aliphatic carbocycles. The fourth-order valence-corrected chi connectivity index (χ4v) is 4.34. The lowest BCUT2D eigenvalue weighted by atomic mass is 10.0. The van der Waals surface area contributed by atoms with Crippen LogP contribution in [0.5, 0.6) is 11.5 Å². The van der Waals surface area contributed by atoms with E-state index >= 15 is 0 Å². The highest BCUT2D eigenvalue weighted by molar-refractivity contribution is 5.92. The second kappa shape index (κ2) is 10.1. The van der Waals surface area contributed by atoms with Crippen molar-refractivity contribution < 1.29 is 14.3 Å². The SMILES string of the molecule is COc1cc2ncnc(N3CCC(NC(=O)Cc4ccc(C(C)C)cc4)CC3)c2cc1OC. The molecule has 1 N–H and O–H groups in total. The van der Waals surface area contributed by atoms with Gasteiger partial charge in [-0.05, 0) is 36.0 Å². The van der Waals surface area contributed by atoms with Gasteiger partial charge in [0.25, 0.3) is 0 Å². The third-order valence-electron chi connectivity index (χ3n) is 6.29. The number of nitrogens with zero attached hydrogens (tertiary/aromatic N) is 3. The molecule has 7 heteroatoms. The van der Waals surface area contributed by atoms with Crippen molar-refractivity contribution in [2.45, 2.75) is 45.1 Å². The molecule has 2 aromatic carbocycles. The van der Waals surface area contributed by atoms with Gasteiger partial charge in [0, 0.05) is 30.6 Å². The van der Waals surface area contributed by atoms with Gasteiger partial charge in [0.2, 0.25) is 5.91 Å². The summed E-state index contributed by atoms with van der Waals surface area (Å²) in [5, 5.41) is 4.15. The van der Waals surface area contributed by atoms with Crippen molar-refractivity contribution in [2.75, 3.05) is 32.2 Å². The Morgan fingerprint density at radius 3 is 2.36 bits per heavy atom. The molecule has 0 spiro atoms. The maximum absolute atomic E-state index is 12.6. The number of methoxy groups -OCH3 is 2. The van der Waals surface area contributed by atoms with E-state index in [1.807, 2.05) is 12.1 Å². The number of fused-ring (bicyclic) bond motifs is 1. The minimum Gasteiger partial charge on any atom is -0.493 e. The highest BCUT2D eigenvalue weighted by Crippen LogP contribution is 2.35. The summed E-state index contributed by atoms with van der Waals surface area (Å²) in [6.45, 7) is 5.97. The van der Waals surface area contributed by atoms with Crippen LogP contribution in [0, 0.1) is 0 Å². The molecule has 1 saturated heterocycles. The first-order valence-corrected chi connectivity index (χ1v) is 11.5. The highest BCUT2D eigenvalue weighted by Gasteiger charge is 2.23. The number of aromatic nitrogens is 2. The van der Waals surface area contributed by atoms with Crippen molar-refractivity contribution in [2.24, 2.45) is 0 Å². The Balaban J connectivity index is 1.37. The zero-order valence-corrected chi connectivity index (χ0v) is 19.8. The summed E-state index contributed by atoms with van der Waals surface area (Å²) in [6, 6.07) is 12.3. The van der Waals surface area contributed by atoms with Gasteiger partial charge < -0.3 is 19.7 Å². The van der Waals surface area contributed by atoms with Crippen LogP contribution in [0.4, 0.5) is 5.82 Å². The zero-order valence-electron chi connectivity index (χ0n) is 19.8. The van der Waals surface area contributed by atoms with E-state index in [0.29, 0.717) is 23.8 Å². The number of hydrogen-bond donors (Lipinski definition) is 1. The monoisotopic (exact) mass is 448 g/mol. The molecule has 0 unspecified atom stereocenters. The van der Waals surface area contributed by atoms with Crippen LogP contribution in [0.2, 0.25) is 0 Å². The first-order valence-electron chi connectivity index (χ1n) is 11.5. The molecule has 174 valence electrons. The molecule has 1 aliphatic rings. The molecule has 2 heterocycles. The van der Waals surface area contributed by atoms with Crippen LogP contribution in [0.3, 0.4) is 0 Å². The number of ether oxygens (including phenoxy) is 2. The van der Waals surface area contributed by atoms with E-state index in [9.17, 15) is 4.79 Å². The van der Waals surface area contributed by atoms with E-state index in [1.54, 1.807) is 20.5 Å². The van der Waals surface area contributed by atoms with Crippen molar-refractivity contribution in [3.8, 4) is 11.5 Å². The molecule has 33 heavy (non-hydrogen) atoms. The van der Waals surface area contributed by atoms with Crippen molar-refractivity contribution in [3.63, 3.8) is 0 Å². The number of piperidine rings is 1. The van der Waals surface area contributed by atoms with Crippen molar-refractivity contribution >= 4 is 22.6 Å². The lowest BCUT2D eigenvalue weighted by Crippen LogP contribution is -2.45. The minimum atomic E-state index is 0.0788. The van der Waals surface area contributed by atoms with Gasteiger partial charge in [-0.3, -0.25) is 4.79 Å². The normalized spacial score (nSPS) is 14.5. The lowest BCUT2D eigenvalue weighted by molar-refractivity contribution is -0.121. The van der Waals surface area contributed by atoms with Gasteiger partial charge in [0.1, 0.15) is 12.1 Å². The third-order valence-corrected chi connectivity index (χ3v) is 6.29. The Kier molecular flexibility index (Phi) is 6.96. The van der Waals surface area contributed by atoms with Gasteiger partial charge in [-0.25, -0.2) is 9.97 Å². The number of carbonyl (C=O) groups is 1. The largest absolute Gasteiger partial charge is 0.493 e. The zero-order chi connectivity index (χ0) is 23.4. The summed E-state index contributed by atoms with van der Waals surface area (Å²) in [7, 11) is 3.24. The van der Waals surface area contributed by atoms with E-state index in [4.69, 9.17) is 9.47 Å². The van der Waals surface area contributed by atoms with Gasteiger partial charge in [0.15, 0.2) is 11.5 Å². The van der Waals surface area contributed by atoms with Gasteiger partial charge in [-0.2, -0.15) is 0 Å². The second-order valence-corrected chi connectivity index (χ2v) is 8.82. The quantitative estimate of drug-likeness (QED) is 0.587. The van der Waals surface area contributed by atoms with E-state index in [2.05, 4.69) is 58.3 Å². The third kappa shape index (κ3) is 5.18. The van der Waals surface area contributed by atoms with Crippen molar-refractivity contribution in [1.29, 1.82) is 0 Å². The Labute approximate surface area is 195 Å². The van der Waals surface area contributed by atoms with Crippen LogP contribution < -0.4 is 19.7 Å². The average molecular weight is 449 g/mol. The maximum Gasteiger partial charge on any atom is 0.224 e. The fraction of sp³-hybridized carbons (Fsp3) is 0.423. The molecular formula is C26H32N4O3. The van der Waals surface area contributed by atoms with Crippen LogP contribution in [0.1, 0.15) is 43.7 Å². The summed E-state index contributed by atoms with van der Waals surface area (Å²) in [6.07, 6.45) is 3.74. The summed E-state index contributed by atoms with van der Waals surface area (Å²) >= 11 is 0. The Bertz CT molecular complexity index is 1110. The Hall–Kier alpha value is -3.35. The maximum atomic E-state index is 12.6. The minimum absolute atomic E-state index is 0.0788. The smallest absolute Gasteiger partial charge is 0.224 e. The highest BCUT2D eigenvalue weighted by atomic mass is 16.5. The molecule has 1 aliphatic heterocycles. The molecule has 1 aromatic heterocycles. The van der Waals surface area contributed by atoms with Crippen LogP contribution in [-0.4, -0.2) is 49.2 Å². The number of nitrogens with one attached hydrogen (secondary N) is 1. The topological polar surface area (TPSA) is 76.6 Å². The van der Waals surface area contributed by atoms with Gasteiger partial charge in [0.05, 0.1) is 26.2 Å². The average Bonchev–Trinajstić information content (AvgIpc) is 2.83. The van der Waals surface area contributed by atoms with E-state index in [1.165, 1.54) is 5.56 Å². The molecule has 7 nitrogen and oxygen atoms in total. The van der Waals surface area contributed by atoms with Crippen LogP contribution in [0.15, 0.2) is 42.7 Å². The fourth-order valence-electron chi connectivity index (χ4n) is 4.34. The number of carbonyl (C=O) groups excluding carboxylic acids is 1. The molecule has 3 aromatic rings. The van der Waals surface area contributed by atoms with Crippen molar-refractivity contribution in [3.05, 3.63) is 53.9 Å². The van der Waals surface area contributed by atoms with Crippen molar-refractivity contribution in [1.82, 2.24) is 15.3 Å². The predicted molar refractivity (Wildman–Crippen MR) is 130 cm³/mol. The summed E-state index contributed by atoms with van der Waals surface area (Å²) in [5.41, 5.74) is 3.16. The van der Waals surface area contributed by atoms with Crippen LogP contribution in [0.25, 0.3) is 10.9 Å². The van der Waals surface area contributed by atoms with E-state index < -0.39 is 0 Å². The predicted octanol–water partition coefficient (Wildman–Crippen LogP) is 4.10. The number of benzene rings is 2. The Morgan fingerprint density at radius 2 is 1.73 bits per heavy atom. The van der Waals surface area contributed by atoms with E-state index in [-0.39, 0.29) is 11.9 Å². The number of rotatable bonds is 7. The second-order valence-electron chi connectivity index (χ2n) is 8.82. The molecule has 0 atom stereocenters. The molecule has 1 amide bonds.